The van der Waals surface area contributed by atoms with Crippen LogP contribution in [0.25, 0.3) is 0 Å². The number of hydrogen-bond donors (Lipinski definition) is 1. The largest absolute Gasteiger partial charge is 0.497 e. The zero-order chi connectivity index (χ0) is 21.2. The minimum atomic E-state index is -0.254. The Hall–Kier alpha value is -3.16. The molecule has 1 fully saturated rings. The third-order valence-corrected chi connectivity index (χ3v) is 4.37. The normalized spacial score (nSPS) is 13.2. The molecule has 0 atom stereocenters. The Labute approximate surface area is 170 Å². The molecule has 1 aliphatic rings. The molecule has 8 nitrogen and oxygen atoms in total. The monoisotopic (exact) mass is 400 g/mol. The first-order valence-corrected chi connectivity index (χ1v) is 9.79. The van der Waals surface area contributed by atoms with Crippen LogP contribution in [0.5, 0.6) is 5.75 Å². The molecule has 3 rings (SSSR count). The number of carbonyl (C=O) groups excluding carboxylic acids is 2. The van der Waals surface area contributed by atoms with Crippen molar-refractivity contribution in [3.8, 4) is 5.75 Å². The lowest BCUT2D eigenvalue weighted by molar-refractivity contribution is -0.120. The first kappa shape index (κ1) is 22.1. The molecule has 2 heterocycles. The Morgan fingerprint density at radius 1 is 1.21 bits per heavy atom. The van der Waals surface area contributed by atoms with Crippen LogP contribution in [0.15, 0.2) is 35.3 Å². The Kier molecular flexibility index (Phi) is 8.39. The van der Waals surface area contributed by atoms with Gasteiger partial charge < -0.3 is 24.3 Å². The number of ether oxygens (including phenoxy) is 1. The van der Waals surface area contributed by atoms with Gasteiger partial charge in [0.1, 0.15) is 12.0 Å². The Morgan fingerprint density at radius 3 is 2.55 bits per heavy atom. The number of rotatable bonds is 7. The van der Waals surface area contributed by atoms with E-state index in [0.717, 1.165) is 17.6 Å². The molecule has 29 heavy (non-hydrogen) atoms. The maximum atomic E-state index is 13.0. The zero-order valence-corrected chi connectivity index (χ0v) is 17.2. The average molecular weight is 400 g/mol. The smallest absolute Gasteiger partial charge is 0.293 e. The molecule has 0 unspecified atom stereocenters. The van der Waals surface area contributed by atoms with E-state index in [4.69, 9.17) is 4.74 Å². The van der Waals surface area contributed by atoms with Crippen molar-refractivity contribution in [2.45, 2.75) is 33.2 Å². The molecule has 1 aromatic carbocycles. The van der Waals surface area contributed by atoms with Crippen molar-refractivity contribution in [3.63, 3.8) is 0 Å². The number of nitrogens with one attached hydrogen (secondary N) is 1. The number of anilines is 1. The molecular formula is C21H28N4O4. The minimum Gasteiger partial charge on any atom is -0.497 e. The van der Waals surface area contributed by atoms with Gasteiger partial charge >= 0.3 is 0 Å². The van der Waals surface area contributed by atoms with Gasteiger partial charge in [0.05, 0.1) is 25.9 Å². The molecule has 0 radical (unpaired) electrons. The van der Waals surface area contributed by atoms with Crippen LogP contribution in [0.3, 0.4) is 0 Å². The fourth-order valence-corrected chi connectivity index (χ4v) is 2.98. The van der Waals surface area contributed by atoms with Crippen molar-refractivity contribution in [1.82, 2.24) is 14.9 Å². The van der Waals surface area contributed by atoms with Crippen molar-refractivity contribution >= 4 is 18.0 Å². The quantitative estimate of drug-likeness (QED) is 0.706. The highest BCUT2D eigenvalue weighted by atomic mass is 16.5. The summed E-state index contributed by atoms with van der Waals surface area (Å²) in [5.41, 5.74) is 1.33. The van der Waals surface area contributed by atoms with Gasteiger partial charge in [0.25, 0.3) is 5.56 Å². The number of amides is 1. The van der Waals surface area contributed by atoms with Gasteiger partial charge in [-0.2, -0.15) is 0 Å². The average Bonchev–Trinajstić information content (AvgIpc) is 2.76. The predicted octanol–water partition coefficient (Wildman–Crippen LogP) is 1.39. The Morgan fingerprint density at radius 2 is 1.93 bits per heavy atom. The number of carbonyl (C=O) groups is 2. The third kappa shape index (κ3) is 5.91. The van der Waals surface area contributed by atoms with E-state index in [1.807, 2.05) is 38.1 Å². The lowest BCUT2D eigenvalue weighted by Crippen LogP contribution is -2.50. The van der Waals surface area contributed by atoms with E-state index in [2.05, 4.69) is 10.3 Å². The van der Waals surface area contributed by atoms with Gasteiger partial charge in [0.2, 0.25) is 5.91 Å². The van der Waals surface area contributed by atoms with Gasteiger partial charge in [0, 0.05) is 25.7 Å². The van der Waals surface area contributed by atoms with E-state index in [-0.39, 0.29) is 23.8 Å². The van der Waals surface area contributed by atoms with Crippen LogP contribution in [0, 0.1) is 0 Å². The van der Waals surface area contributed by atoms with Crippen molar-refractivity contribution in [3.05, 3.63) is 52.1 Å². The second-order valence-electron chi connectivity index (χ2n) is 6.31. The lowest BCUT2D eigenvalue weighted by Gasteiger charge is -2.27. The summed E-state index contributed by atoms with van der Waals surface area (Å²) in [6.07, 6.45) is 3.28. The summed E-state index contributed by atoms with van der Waals surface area (Å²) in [4.78, 5) is 41.5. The number of piperazine rings is 1. The first-order chi connectivity index (χ1) is 14.1. The molecular weight excluding hydrogens is 372 g/mol. The van der Waals surface area contributed by atoms with Gasteiger partial charge in [-0.05, 0) is 24.1 Å². The van der Waals surface area contributed by atoms with E-state index in [0.29, 0.717) is 38.2 Å². The second-order valence-corrected chi connectivity index (χ2v) is 6.31. The van der Waals surface area contributed by atoms with Crippen molar-refractivity contribution < 1.29 is 14.3 Å². The summed E-state index contributed by atoms with van der Waals surface area (Å²) >= 11 is 0. The number of nitrogens with zero attached hydrogens (tertiary/aromatic N) is 3. The van der Waals surface area contributed by atoms with Gasteiger partial charge in [-0.25, -0.2) is 4.98 Å². The SMILES string of the molecule is CC.COc1ccc(Cn2cc(CCC=O)nc(N3CCNC(=O)C3)c2=O)cc1. The van der Waals surface area contributed by atoms with Crippen molar-refractivity contribution in [2.75, 3.05) is 31.6 Å². The molecule has 2 aromatic rings. The molecule has 1 amide bonds. The molecule has 1 saturated heterocycles. The number of aldehydes is 1. The second kappa shape index (κ2) is 11.0. The molecule has 0 saturated carbocycles. The van der Waals surface area contributed by atoms with E-state index < -0.39 is 0 Å². The molecule has 1 aromatic heterocycles. The minimum absolute atomic E-state index is 0.0991. The first-order valence-electron chi connectivity index (χ1n) is 9.79. The molecule has 1 aliphatic heterocycles. The fraction of sp³-hybridized carbons (Fsp3) is 0.429. The number of hydrogen-bond acceptors (Lipinski definition) is 6. The number of aryl methyl sites for hydroxylation is 1. The molecule has 156 valence electrons. The highest BCUT2D eigenvalue weighted by Gasteiger charge is 2.22. The van der Waals surface area contributed by atoms with Crippen molar-refractivity contribution in [1.29, 1.82) is 0 Å². The van der Waals surface area contributed by atoms with Crippen LogP contribution in [-0.4, -0.2) is 48.5 Å². The standard InChI is InChI=1S/C19H22N4O4.C2H6/c1-27-16-6-4-14(5-7-16)11-23-12-15(3-2-10-24)21-18(19(23)26)22-9-8-20-17(25)13-22;1-2/h4-7,10,12H,2-3,8-9,11,13H2,1H3,(H,20,25);1-2H3. The zero-order valence-electron chi connectivity index (χ0n) is 17.2. The number of benzene rings is 1. The van der Waals surface area contributed by atoms with E-state index in [9.17, 15) is 14.4 Å². The Bertz CT molecular complexity index is 877. The summed E-state index contributed by atoms with van der Waals surface area (Å²) in [6.45, 7) is 5.46. The maximum Gasteiger partial charge on any atom is 0.293 e. The summed E-state index contributed by atoms with van der Waals surface area (Å²) in [7, 11) is 1.60. The highest BCUT2D eigenvalue weighted by molar-refractivity contribution is 5.82. The number of aromatic nitrogens is 2. The van der Waals surface area contributed by atoms with Crippen LogP contribution in [-0.2, 0) is 22.6 Å². The van der Waals surface area contributed by atoms with Crippen LogP contribution >= 0.6 is 0 Å². The van der Waals surface area contributed by atoms with Gasteiger partial charge in [-0.15, -0.1) is 0 Å². The summed E-state index contributed by atoms with van der Waals surface area (Å²) in [6, 6.07) is 7.46. The van der Waals surface area contributed by atoms with E-state index >= 15 is 0 Å². The van der Waals surface area contributed by atoms with Gasteiger partial charge in [0.15, 0.2) is 5.82 Å². The van der Waals surface area contributed by atoms with E-state index in [1.165, 1.54) is 0 Å². The number of methoxy groups -OCH3 is 1. The molecule has 0 bridgehead atoms. The topological polar surface area (TPSA) is 93.5 Å². The summed E-state index contributed by atoms with van der Waals surface area (Å²) in [5, 5.41) is 2.74. The van der Waals surface area contributed by atoms with Crippen LogP contribution in [0.2, 0.25) is 0 Å². The fourth-order valence-electron chi connectivity index (χ4n) is 2.98. The molecule has 1 N–H and O–H groups in total. The van der Waals surface area contributed by atoms with E-state index in [1.54, 1.807) is 22.8 Å². The molecule has 8 heteroatoms. The maximum absolute atomic E-state index is 13.0. The van der Waals surface area contributed by atoms with Crippen LogP contribution in [0.4, 0.5) is 5.82 Å². The third-order valence-electron chi connectivity index (χ3n) is 4.37. The van der Waals surface area contributed by atoms with Crippen molar-refractivity contribution in [2.24, 2.45) is 0 Å². The predicted molar refractivity (Wildman–Crippen MR) is 112 cm³/mol. The van der Waals surface area contributed by atoms with Gasteiger partial charge in [-0.3, -0.25) is 9.59 Å². The summed E-state index contributed by atoms with van der Waals surface area (Å²) < 4.78 is 6.74. The van der Waals surface area contributed by atoms with Crippen LogP contribution < -0.4 is 20.5 Å². The summed E-state index contributed by atoms with van der Waals surface area (Å²) in [5.74, 6) is 0.858. The Balaban J connectivity index is 0.00000145. The van der Waals surface area contributed by atoms with Gasteiger partial charge in [-0.1, -0.05) is 26.0 Å². The lowest BCUT2D eigenvalue weighted by atomic mass is 10.2. The molecule has 0 aliphatic carbocycles. The molecule has 0 spiro atoms. The van der Waals surface area contributed by atoms with Crippen LogP contribution in [0.1, 0.15) is 31.5 Å². The highest BCUT2D eigenvalue weighted by Crippen LogP contribution is 2.14.